The predicted octanol–water partition coefficient (Wildman–Crippen LogP) is 0.555. The van der Waals surface area contributed by atoms with Gasteiger partial charge in [0, 0.05) is 9.75 Å². The van der Waals surface area contributed by atoms with Gasteiger partial charge in [-0.05, 0) is 18.6 Å². The van der Waals surface area contributed by atoms with E-state index < -0.39 is 24.6 Å². The number of aliphatic hydroxyl groups is 1. The molecule has 6 nitrogen and oxygen atoms in total. The van der Waals surface area contributed by atoms with E-state index in [4.69, 9.17) is 10.2 Å². The lowest BCUT2D eigenvalue weighted by atomic mass is 10.3. The van der Waals surface area contributed by atoms with E-state index in [1.54, 1.807) is 11.3 Å². The molecular weight excluding hydrogens is 256 g/mol. The molecule has 1 atom stereocenters. The lowest BCUT2D eigenvalue weighted by molar-refractivity contribution is -0.140. The van der Waals surface area contributed by atoms with Crippen LogP contribution in [0, 0.1) is 0 Å². The molecule has 0 saturated heterocycles. The summed E-state index contributed by atoms with van der Waals surface area (Å²) in [5.41, 5.74) is 0. The van der Waals surface area contributed by atoms with Gasteiger partial charge in [0.25, 0.3) is 0 Å². The van der Waals surface area contributed by atoms with Gasteiger partial charge in [-0.15, -0.1) is 11.3 Å². The third-order valence-corrected chi connectivity index (χ3v) is 3.50. The molecule has 1 aromatic heterocycles. The number of thiophene rings is 1. The molecule has 7 heteroatoms. The molecule has 0 bridgehead atoms. The fourth-order valence-corrected chi connectivity index (χ4v) is 2.17. The monoisotopic (exact) mass is 272 g/mol. The Balaban J connectivity index is 2.38. The number of rotatable bonds is 6. The van der Waals surface area contributed by atoms with Gasteiger partial charge in [0.2, 0.25) is 0 Å². The Morgan fingerprint density at radius 3 is 2.56 bits per heavy atom. The highest BCUT2D eigenvalue weighted by atomic mass is 32.1. The topological polar surface area (TPSA) is 98.7 Å². The van der Waals surface area contributed by atoms with E-state index in [2.05, 4.69) is 17.6 Å². The molecule has 0 saturated carbocycles. The molecule has 100 valence electrons. The SMILES string of the molecule is CCc1ccc(CNC(=O)N[C@@H](CO)C(=O)O)s1. The minimum Gasteiger partial charge on any atom is -0.480 e. The van der Waals surface area contributed by atoms with E-state index in [-0.39, 0.29) is 0 Å². The Morgan fingerprint density at radius 1 is 1.39 bits per heavy atom. The lowest BCUT2D eigenvalue weighted by Gasteiger charge is -2.12. The molecule has 0 fully saturated rings. The number of carboxylic acid groups (broad SMARTS) is 1. The maximum absolute atomic E-state index is 11.4. The second kappa shape index (κ2) is 6.97. The van der Waals surface area contributed by atoms with Crippen molar-refractivity contribution < 1.29 is 19.8 Å². The summed E-state index contributed by atoms with van der Waals surface area (Å²) in [4.78, 5) is 24.2. The maximum atomic E-state index is 11.4. The number of hydrogen-bond acceptors (Lipinski definition) is 4. The van der Waals surface area contributed by atoms with Gasteiger partial charge in [0.1, 0.15) is 0 Å². The molecule has 1 heterocycles. The van der Waals surface area contributed by atoms with Crippen LogP contribution >= 0.6 is 11.3 Å². The van der Waals surface area contributed by atoms with Crippen LogP contribution < -0.4 is 10.6 Å². The van der Waals surface area contributed by atoms with Crippen molar-refractivity contribution in [2.24, 2.45) is 0 Å². The molecule has 1 rings (SSSR count). The zero-order valence-electron chi connectivity index (χ0n) is 9.97. The standard InChI is InChI=1S/C11H16N2O4S/c1-2-7-3-4-8(18-7)5-12-11(17)13-9(6-14)10(15)16/h3-4,9,14H,2,5-6H2,1H3,(H,15,16)(H2,12,13,17)/t9-/m0/s1. The number of nitrogens with one attached hydrogen (secondary N) is 2. The summed E-state index contributed by atoms with van der Waals surface area (Å²) in [6.45, 7) is 1.75. The normalized spacial score (nSPS) is 11.9. The van der Waals surface area contributed by atoms with Gasteiger partial charge in [-0.25, -0.2) is 9.59 Å². The summed E-state index contributed by atoms with van der Waals surface area (Å²) in [7, 11) is 0. The lowest BCUT2D eigenvalue weighted by Crippen LogP contribution is -2.47. The van der Waals surface area contributed by atoms with Crippen molar-refractivity contribution in [2.75, 3.05) is 6.61 Å². The number of aliphatic carboxylic acids is 1. The van der Waals surface area contributed by atoms with Crippen molar-refractivity contribution in [1.82, 2.24) is 10.6 Å². The Morgan fingerprint density at radius 2 is 2.06 bits per heavy atom. The Kier molecular flexibility index (Phi) is 5.60. The van der Waals surface area contributed by atoms with Crippen LogP contribution in [0.4, 0.5) is 4.79 Å². The van der Waals surface area contributed by atoms with E-state index in [1.807, 2.05) is 12.1 Å². The zero-order valence-corrected chi connectivity index (χ0v) is 10.8. The van der Waals surface area contributed by atoms with E-state index in [1.165, 1.54) is 4.88 Å². The maximum Gasteiger partial charge on any atom is 0.328 e. The Labute approximate surface area is 109 Å². The molecule has 0 aliphatic rings. The third-order valence-electron chi connectivity index (χ3n) is 2.27. The van der Waals surface area contributed by atoms with Gasteiger partial charge in [0.05, 0.1) is 13.2 Å². The molecule has 0 radical (unpaired) electrons. The van der Waals surface area contributed by atoms with E-state index in [0.717, 1.165) is 11.3 Å². The molecule has 2 amide bonds. The van der Waals surface area contributed by atoms with E-state index >= 15 is 0 Å². The highest BCUT2D eigenvalue weighted by molar-refractivity contribution is 7.11. The van der Waals surface area contributed by atoms with E-state index in [9.17, 15) is 9.59 Å². The van der Waals surface area contributed by atoms with Crippen LogP contribution in [0.5, 0.6) is 0 Å². The van der Waals surface area contributed by atoms with Crippen LogP contribution in [0.1, 0.15) is 16.7 Å². The predicted molar refractivity (Wildman–Crippen MR) is 67.6 cm³/mol. The first-order chi connectivity index (χ1) is 8.56. The highest BCUT2D eigenvalue weighted by Gasteiger charge is 2.18. The molecule has 0 spiro atoms. The van der Waals surface area contributed by atoms with Crippen molar-refractivity contribution in [2.45, 2.75) is 25.9 Å². The Hall–Kier alpha value is -1.60. The number of hydrogen-bond donors (Lipinski definition) is 4. The van der Waals surface area contributed by atoms with Crippen molar-refractivity contribution in [3.8, 4) is 0 Å². The summed E-state index contributed by atoms with van der Waals surface area (Å²) >= 11 is 1.60. The van der Waals surface area contributed by atoms with Crippen LogP contribution in [0.3, 0.4) is 0 Å². The van der Waals surface area contributed by atoms with Crippen LogP contribution in [-0.4, -0.2) is 34.9 Å². The van der Waals surface area contributed by atoms with Crippen molar-refractivity contribution in [3.63, 3.8) is 0 Å². The van der Waals surface area contributed by atoms with Gasteiger partial charge >= 0.3 is 12.0 Å². The van der Waals surface area contributed by atoms with Gasteiger partial charge < -0.3 is 20.8 Å². The molecular formula is C11H16N2O4S. The Bertz CT molecular complexity index is 419. The molecule has 0 unspecified atom stereocenters. The molecule has 18 heavy (non-hydrogen) atoms. The van der Waals surface area contributed by atoms with Crippen LogP contribution in [0.2, 0.25) is 0 Å². The fraction of sp³-hybridized carbons (Fsp3) is 0.455. The number of amides is 2. The average molecular weight is 272 g/mol. The third kappa shape index (κ3) is 4.34. The first-order valence-corrected chi connectivity index (χ1v) is 6.34. The summed E-state index contributed by atoms with van der Waals surface area (Å²) in [5.74, 6) is -1.27. The first-order valence-electron chi connectivity index (χ1n) is 5.52. The van der Waals surface area contributed by atoms with Gasteiger partial charge in [-0.2, -0.15) is 0 Å². The average Bonchev–Trinajstić information content (AvgIpc) is 2.81. The molecule has 1 aromatic rings. The second-order valence-corrected chi connectivity index (χ2v) is 4.87. The summed E-state index contributed by atoms with van der Waals surface area (Å²) in [5, 5.41) is 22.1. The van der Waals surface area contributed by atoms with Crippen LogP contribution in [0.25, 0.3) is 0 Å². The highest BCUT2D eigenvalue weighted by Crippen LogP contribution is 2.16. The molecule has 0 aliphatic heterocycles. The minimum atomic E-state index is -1.28. The van der Waals surface area contributed by atoms with Gasteiger partial charge in [0.15, 0.2) is 6.04 Å². The summed E-state index contributed by atoms with van der Waals surface area (Å²) in [6, 6.07) is 2.03. The molecule has 0 aliphatic carbocycles. The quantitative estimate of drug-likeness (QED) is 0.608. The number of carbonyl (C=O) groups excluding carboxylic acids is 1. The number of aryl methyl sites for hydroxylation is 1. The second-order valence-electron chi connectivity index (χ2n) is 3.62. The summed E-state index contributed by atoms with van der Waals surface area (Å²) < 4.78 is 0. The van der Waals surface area contributed by atoms with Gasteiger partial charge in [-0.1, -0.05) is 6.92 Å². The van der Waals surface area contributed by atoms with E-state index in [0.29, 0.717) is 6.54 Å². The van der Waals surface area contributed by atoms with Crippen molar-refractivity contribution in [1.29, 1.82) is 0 Å². The smallest absolute Gasteiger partial charge is 0.328 e. The zero-order chi connectivity index (χ0) is 13.5. The minimum absolute atomic E-state index is 0.342. The number of carbonyl (C=O) groups is 2. The van der Waals surface area contributed by atoms with Crippen LogP contribution in [0.15, 0.2) is 12.1 Å². The van der Waals surface area contributed by atoms with Crippen molar-refractivity contribution >= 4 is 23.3 Å². The first kappa shape index (κ1) is 14.5. The van der Waals surface area contributed by atoms with Gasteiger partial charge in [-0.3, -0.25) is 0 Å². The number of carboxylic acids is 1. The van der Waals surface area contributed by atoms with Crippen LogP contribution in [-0.2, 0) is 17.8 Å². The largest absolute Gasteiger partial charge is 0.480 e. The number of aliphatic hydroxyl groups excluding tert-OH is 1. The molecule has 0 aromatic carbocycles. The van der Waals surface area contributed by atoms with Crippen molar-refractivity contribution in [3.05, 3.63) is 21.9 Å². The number of urea groups is 1. The summed E-state index contributed by atoms with van der Waals surface area (Å²) in [6.07, 6.45) is 0.947. The molecule has 4 N–H and O–H groups in total. The fourth-order valence-electron chi connectivity index (χ4n) is 1.27.